The van der Waals surface area contributed by atoms with Crippen LogP contribution in [0.25, 0.3) is 10.8 Å². The van der Waals surface area contributed by atoms with Gasteiger partial charge in [0.25, 0.3) is 0 Å². The summed E-state index contributed by atoms with van der Waals surface area (Å²) in [6, 6.07) is 13.9. The molecule has 0 fully saturated rings. The summed E-state index contributed by atoms with van der Waals surface area (Å²) >= 11 is 0. The second-order valence-electron chi connectivity index (χ2n) is 5.04. The van der Waals surface area contributed by atoms with Crippen LogP contribution < -0.4 is 4.74 Å². The third-order valence-corrected chi connectivity index (χ3v) is 3.11. The second kappa shape index (κ2) is 6.42. The van der Waals surface area contributed by atoms with Crippen molar-refractivity contribution in [2.45, 2.75) is 26.9 Å². The molecule has 0 aromatic heterocycles. The van der Waals surface area contributed by atoms with Crippen LogP contribution in [0.3, 0.4) is 0 Å². The number of ether oxygens (including phenoxy) is 2. The van der Waals surface area contributed by atoms with Crippen molar-refractivity contribution >= 4 is 16.7 Å². The van der Waals surface area contributed by atoms with Crippen molar-refractivity contribution in [1.82, 2.24) is 0 Å². The van der Waals surface area contributed by atoms with Crippen molar-refractivity contribution in [3.63, 3.8) is 0 Å². The lowest BCUT2D eigenvalue weighted by Crippen LogP contribution is -2.34. The number of hydrogen-bond donors (Lipinski definition) is 0. The van der Waals surface area contributed by atoms with Crippen LogP contribution >= 0.6 is 0 Å². The minimum atomic E-state index is -0.573. The molecule has 0 aliphatic carbocycles. The van der Waals surface area contributed by atoms with Gasteiger partial charge in [-0.25, -0.2) is 4.79 Å². The Morgan fingerprint density at radius 2 is 1.80 bits per heavy atom. The monoisotopic (exact) mass is 272 g/mol. The third-order valence-electron chi connectivity index (χ3n) is 3.11. The SMILES string of the molecule is CCOC(=O)C(Oc1ccc2ccccc2c1)C(C)C. The molecule has 3 nitrogen and oxygen atoms in total. The Bertz CT molecular complexity index is 590. The lowest BCUT2D eigenvalue weighted by Gasteiger charge is -2.21. The normalized spacial score (nSPS) is 12.4. The maximum Gasteiger partial charge on any atom is 0.347 e. The molecule has 1 atom stereocenters. The summed E-state index contributed by atoms with van der Waals surface area (Å²) < 4.78 is 10.9. The van der Waals surface area contributed by atoms with Crippen LogP contribution in [0.2, 0.25) is 0 Å². The van der Waals surface area contributed by atoms with Crippen molar-refractivity contribution in [2.24, 2.45) is 5.92 Å². The highest BCUT2D eigenvalue weighted by Gasteiger charge is 2.25. The van der Waals surface area contributed by atoms with Gasteiger partial charge in [-0.1, -0.05) is 44.2 Å². The van der Waals surface area contributed by atoms with Gasteiger partial charge in [-0.2, -0.15) is 0 Å². The van der Waals surface area contributed by atoms with E-state index in [-0.39, 0.29) is 11.9 Å². The number of carbonyl (C=O) groups is 1. The molecule has 0 bridgehead atoms. The van der Waals surface area contributed by atoms with Crippen LogP contribution in [0.15, 0.2) is 42.5 Å². The van der Waals surface area contributed by atoms with E-state index in [9.17, 15) is 4.79 Å². The molecule has 0 N–H and O–H groups in total. The highest BCUT2D eigenvalue weighted by Crippen LogP contribution is 2.23. The zero-order valence-electron chi connectivity index (χ0n) is 12.1. The Balaban J connectivity index is 2.22. The highest BCUT2D eigenvalue weighted by molar-refractivity contribution is 5.84. The molecule has 1 unspecified atom stereocenters. The molecular formula is C17H20O3. The first-order valence-electron chi connectivity index (χ1n) is 6.94. The predicted molar refractivity (Wildman–Crippen MR) is 79.8 cm³/mol. The number of hydrogen-bond acceptors (Lipinski definition) is 3. The van der Waals surface area contributed by atoms with Crippen LogP contribution in [0.4, 0.5) is 0 Å². The van der Waals surface area contributed by atoms with E-state index in [1.54, 1.807) is 6.92 Å². The number of rotatable bonds is 5. The first-order valence-corrected chi connectivity index (χ1v) is 6.94. The summed E-state index contributed by atoms with van der Waals surface area (Å²) in [7, 11) is 0. The van der Waals surface area contributed by atoms with Crippen molar-refractivity contribution in [2.75, 3.05) is 6.61 Å². The quantitative estimate of drug-likeness (QED) is 0.776. The first-order chi connectivity index (χ1) is 9.61. The third kappa shape index (κ3) is 3.29. The molecule has 0 saturated heterocycles. The second-order valence-corrected chi connectivity index (χ2v) is 5.04. The summed E-state index contributed by atoms with van der Waals surface area (Å²) in [4.78, 5) is 11.9. The minimum absolute atomic E-state index is 0.0560. The van der Waals surface area contributed by atoms with Crippen molar-refractivity contribution in [3.05, 3.63) is 42.5 Å². The molecule has 0 radical (unpaired) electrons. The molecule has 0 amide bonds. The van der Waals surface area contributed by atoms with Gasteiger partial charge in [0.1, 0.15) is 5.75 Å². The van der Waals surface area contributed by atoms with Crippen LogP contribution in [-0.2, 0) is 9.53 Å². The Morgan fingerprint density at radius 1 is 1.10 bits per heavy atom. The van der Waals surface area contributed by atoms with Crippen molar-refractivity contribution < 1.29 is 14.3 Å². The largest absolute Gasteiger partial charge is 0.478 e. The van der Waals surface area contributed by atoms with E-state index in [0.717, 1.165) is 10.8 Å². The summed E-state index contributed by atoms with van der Waals surface area (Å²) in [6.45, 7) is 6.06. The number of fused-ring (bicyclic) bond motifs is 1. The van der Waals surface area contributed by atoms with Gasteiger partial charge < -0.3 is 9.47 Å². The minimum Gasteiger partial charge on any atom is -0.478 e. The fraction of sp³-hybridized carbons (Fsp3) is 0.353. The molecule has 0 aliphatic rings. The zero-order chi connectivity index (χ0) is 14.5. The van der Waals surface area contributed by atoms with E-state index in [1.807, 2.05) is 56.3 Å². The highest BCUT2D eigenvalue weighted by atomic mass is 16.6. The van der Waals surface area contributed by atoms with E-state index in [1.165, 1.54) is 0 Å². The number of esters is 1. The molecule has 0 heterocycles. The zero-order valence-corrected chi connectivity index (χ0v) is 12.1. The fourth-order valence-corrected chi connectivity index (χ4v) is 2.07. The van der Waals surface area contributed by atoms with Gasteiger partial charge >= 0.3 is 5.97 Å². The molecule has 0 saturated carbocycles. The predicted octanol–water partition coefficient (Wildman–Crippen LogP) is 3.81. The molecule has 2 aromatic carbocycles. The molecule has 20 heavy (non-hydrogen) atoms. The lowest BCUT2D eigenvalue weighted by atomic mass is 10.1. The Hall–Kier alpha value is -2.03. The van der Waals surface area contributed by atoms with Crippen molar-refractivity contribution in [3.8, 4) is 5.75 Å². The Kier molecular flexibility index (Phi) is 4.61. The lowest BCUT2D eigenvalue weighted by molar-refractivity contribution is -0.153. The standard InChI is InChI=1S/C17H20O3/c1-4-19-17(18)16(12(2)3)20-15-10-9-13-7-5-6-8-14(13)11-15/h5-12,16H,4H2,1-3H3. The average molecular weight is 272 g/mol. The summed E-state index contributed by atoms with van der Waals surface area (Å²) in [5, 5.41) is 2.24. The van der Waals surface area contributed by atoms with Crippen LogP contribution in [0.5, 0.6) is 5.75 Å². The van der Waals surface area contributed by atoms with Gasteiger partial charge in [0.15, 0.2) is 6.10 Å². The molecular weight excluding hydrogens is 252 g/mol. The first kappa shape index (κ1) is 14.4. The van der Waals surface area contributed by atoms with Gasteiger partial charge in [0, 0.05) is 5.92 Å². The topological polar surface area (TPSA) is 35.5 Å². The molecule has 106 valence electrons. The van der Waals surface area contributed by atoms with Gasteiger partial charge in [-0.3, -0.25) is 0 Å². The van der Waals surface area contributed by atoms with Crippen molar-refractivity contribution in [1.29, 1.82) is 0 Å². The Morgan fingerprint density at radius 3 is 2.45 bits per heavy atom. The van der Waals surface area contributed by atoms with Gasteiger partial charge in [-0.15, -0.1) is 0 Å². The molecule has 3 heteroatoms. The molecule has 0 spiro atoms. The van der Waals surface area contributed by atoms with Crippen LogP contribution in [0.1, 0.15) is 20.8 Å². The maximum absolute atomic E-state index is 11.9. The number of carbonyl (C=O) groups excluding carboxylic acids is 1. The maximum atomic E-state index is 11.9. The Labute approximate surface area is 119 Å². The smallest absolute Gasteiger partial charge is 0.347 e. The van der Waals surface area contributed by atoms with E-state index >= 15 is 0 Å². The summed E-state index contributed by atoms with van der Waals surface area (Å²) in [5.41, 5.74) is 0. The van der Waals surface area contributed by atoms with E-state index in [4.69, 9.17) is 9.47 Å². The van der Waals surface area contributed by atoms with Gasteiger partial charge in [0.2, 0.25) is 0 Å². The van der Waals surface area contributed by atoms with E-state index < -0.39 is 6.10 Å². The summed E-state index contributed by atoms with van der Waals surface area (Å²) in [6.07, 6.45) is -0.573. The van der Waals surface area contributed by atoms with Crippen LogP contribution in [0, 0.1) is 5.92 Å². The fourth-order valence-electron chi connectivity index (χ4n) is 2.07. The van der Waals surface area contributed by atoms with Crippen LogP contribution in [-0.4, -0.2) is 18.7 Å². The summed E-state index contributed by atoms with van der Waals surface area (Å²) in [5.74, 6) is 0.437. The van der Waals surface area contributed by atoms with Gasteiger partial charge in [-0.05, 0) is 29.8 Å². The van der Waals surface area contributed by atoms with Gasteiger partial charge in [0.05, 0.1) is 6.61 Å². The van der Waals surface area contributed by atoms with E-state index in [0.29, 0.717) is 12.4 Å². The molecule has 0 aliphatic heterocycles. The van der Waals surface area contributed by atoms with E-state index in [2.05, 4.69) is 0 Å². The number of benzene rings is 2. The molecule has 2 rings (SSSR count). The molecule has 2 aromatic rings. The average Bonchev–Trinajstić information content (AvgIpc) is 2.44.